The molecule has 8 nitrogen and oxygen atoms in total. The molecule has 32 heavy (non-hydrogen) atoms. The number of hydrogen-bond acceptors (Lipinski definition) is 6. The predicted octanol–water partition coefficient (Wildman–Crippen LogP) is 3.06. The van der Waals surface area contributed by atoms with Gasteiger partial charge in [0.1, 0.15) is 10.3 Å². The van der Waals surface area contributed by atoms with Crippen molar-refractivity contribution in [2.24, 2.45) is 5.14 Å². The first-order valence-electron chi connectivity index (χ1n) is 11.2. The largest absolute Gasteiger partial charge is 0.382 e. The van der Waals surface area contributed by atoms with E-state index >= 15 is 0 Å². The fourth-order valence-corrected chi connectivity index (χ4v) is 6.43. The average Bonchev–Trinajstić information content (AvgIpc) is 3.21. The third kappa shape index (κ3) is 3.40. The van der Waals surface area contributed by atoms with Gasteiger partial charge in [-0.05, 0) is 68.6 Å². The van der Waals surface area contributed by atoms with Gasteiger partial charge in [0.2, 0.25) is 10.0 Å². The second-order valence-electron chi connectivity index (χ2n) is 8.81. The molecule has 0 saturated heterocycles. The average molecular weight is 453 g/mol. The number of sulfonamides is 1. The molecule has 4 N–H and O–H groups in total. The standard InChI is InChI=1S/C23H28N6O2S/c24-22-19-20(17-9-1-2-10-18(17)28-22)29(15-27-19)14-4-3-11-23(32(25,30)31)12-5-7-16-8-6-13-26-21(16)23/h5-8,13,15H,1-4,9-12,14H2,(H2,24,28)(H2,25,30,31). The van der Waals surface area contributed by atoms with Crippen LogP contribution < -0.4 is 10.9 Å². The number of nitrogens with zero attached hydrogens (tertiary/aromatic N) is 4. The van der Waals surface area contributed by atoms with E-state index in [2.05, 4.69) is 19.5 Å². The molecule has 0 bridgehead atoms. The second kappa shape index (κ2) is 7.97. The van der Waals surface area contributed by atoms with Gasteiger partial charge in [0, 0.05) is 18.4 Å². The molecule has 0 aromatic carbocycles. The predicted molar refractivity (Wildman–Crippen MR) is 125 cm³/mol. The molecule has 0 spiro atoms. The van der Waals surface area contributed by atoms with Gasteiger partial charge in [-0.25, -0.2) is 23.5 Å². The van der Waals surface area contributed by atoms with Crippen LogP contribution in [0.4, 0.5) is 5.82 Å². The van der Waals surface area contributed by atoms with Crippen molar-refractivity contribution >= 4 is 33.0 Å². The Morgan fingerprint density at radius 3 is 2.84 bits per heavy atom. The lowest BCUT2D eigenvalue weighted by Crippen LogP contribution is -2.42. The van der Waals surface area contributed by atoms with Crippen LogP contribution in [0, 0.1) is 0 Å². The van der Waals surface area contributed by atoms with Crippen LogP contribution in [-0.2, 0) is 34.2 Å². The first kappa shape index (κ1) is 21.1. The topological polar surface area (TPSA) is 130 Å². The molecule has 1 unspecified atom stereocenters. The van der Waals surface area contributed by atoms with Crippen molar-refractivity contribution in [3.05, 3.63) is 53.2 Å². The maximum atomic E-state index is 12.7. The van der Waals surface area contributed by atoms with Crippen LogP contribution in [0.2, 0.25) is 0 Å². The summed E-state index contributed by atoms with van der Waals surface area (Å²) in [5, 5.41) is 5.77. The van der Waals surface area contributed by atoms with Crippen molar-refractivity contribution in [1.29, 1.82) is 0 Å². The van der Waals surface area contributed by atoms with Crippen LogP contribution in [-0.4, -0.2) is 27.9 Å². The summed E-state index contributed by atoms with van der Waals surface area (Å²) < 4.78 is 26.4. The molecule has 2 aliphatic rings. The van der Waals surface area contributed by atoms with E-state index in [-0.39, 0.29) is 0 Å². The zero-order valence-electron chi connectivity index (χ0n) is 18.0. The van der Waals surface area contributed by atoms with E-state index in [9.17, 15) is 8.42 Å². The van der Waals surface area contributed by atoms with Crippen LogP contribution in [0.1, 0.15) is 61.0 Å². The summed E-state index contributed by atoms with van der Waals surface area (Å²) in [6.45, 7) is 0.734. The monoisotopic (exact) mass is 452 g/mol. The molecule has 3 aromatic rings. The molecule has 0 amide bonds. The fraction of sp³-hybridized carbons (Fsp3) is 0.435. The number of rotatable bonds is 6. The molecule has 0 radical (unpaired) electrons. The number of unbranched alkanes of at least 4 members (excludes halogenated alkanes) is 1. The minimum absolute atomic E-state index is 0.347. The molecule has 3 aromatic heterocycles. The Bertz CT molecular complexity index is 1310. The first-order chi connectivity index (χ1) is 15.4. The Kier molecular flexibility index (Phi) is 5.25. The molecule has 0 aliphatic heterocycles. The van der Waals surface area contributed by atoms with Crippen molar-refractivity contribution < 1.29 is 8.42 Å². The number of pyridine rings is 2. The number of nitrogens with two attached hydrogens (primary N) is 2. The zero-order valence-corrected chi connectivity index (χ0v) is 18.8. The lowest BCUT2D eigenvalue weighted by atomic mass is 9.86. The Morgan fingerprint density at radius 2 is 2.00 bits per heavy atom. The fourth-order valence-electron chi connectivity index (χ4n) is 5.23. The molecule has 5 rings (SSSR count). The van der Waals surface area contributed by atoms with E-state index in [1.54, 1.807) is 6.20 Å². The van der Waals surface area contributed by atoms with Gasteiger partial charge >= 0.3 is 0 Å². The second-order valence-corrected chi connectivity index (χ2v) is 10.7. The van der Waals surface area contributed by atoms with E-state index in [1.165, 1.54) is 5.56 Å². The van der Waals surface area contributed by atoms with Crippen LogP contribution in [0.3, 0.4) is 0 Å². The number of primary sulfonamides is 1. The van der Waals surface area contributed by atoms with Gasteiger partial charge in [-0.1, -0.05) is 18.2 Å². The number of fused-ring (bicyclic) bond motifs is 4. The van der Waals surface area contributed by atoms with Gasteiger partial charge in [-0.15, -0.1) is 0 Å². The van der Waals surface area contributed by atoms with Gasteiger partial charge < -0.3 is 10.3 Å². The molecule has 9 heteroatoms. The summed E-state index contributed by atoms with van der Waals surface area (Å²) in [5.41, 5.74) is 11.8. The highest BCUT2D eigenvalue weighted by Crippen LogP contribution is 2.42. The van der Waals surface area contributed by atoms with Gasteiger partial charge in [-0.3, -0.25) is 4.98 Å². The van der Waals surface area contributed by atoms with Gasteiger partial charge in [0.25, 0.3) is 0 Å². The van der Waals surface area contributed by atoms with E-state index in [0.717, 1.165) is 60.9 Å². The van der Waals surface area contributed by atoms with E-state index in [0.29, 0.717) is 30.8 Å². The maximum Gasteiger partial charge on any atom is 0.220 e. The summed E-state index contributed by atoms with van der Waals surface area (Å²) in [5.74, 6) is 0.490. The minimum Gasteiger partial charge on any atom is -0.382 e. The summed E-state index contributed by atoms with van der Waals surface area (Å²) in [6.07, 6.45) is 13.8. The van der Waals surface area contributed by atoms with Gasteiger partial charge in [-0.2, -0.15) is 0 Å². The van der Waals surface area contributed by atoms with E-state index in [4.69, 9.17) is 10.9 Å². The van der Waals surface area contributed by atoms with E-state index < -0.39 is 14.8 Å². The summed E-state index contributed by atoms with van der Waals surface area (Å²) in [6, 6.07) is 3.70. The van der Waals surface area contributed by atoms with Gasteiger partial charge in [0.15, 0.2) is 5.82 Å². The Hall–Kier alpha value is -2.78. The first-order valence-corrected chi connectivity index (χ1v) is 12.7. The molecule has 1 atom stereocenters. The maximum absolute atomic E-state index is 12.7. The lowest BCUT2D eigenvalue weighted by Gasteiger charge is -2.33. The molecule has 0 saturated carbocycles. The molecule has 3 heterocycles. The highest BCUT2D eigenvalue weighted by molar-refractivity contribution is 7.90. The van der Waals surface area contributed by atoms with Crippen LogP contribution >= 0.6 is 0 Å². The van der Waals surface area contributed by atoms with E-state index in [1.807, 2.05) is 30.6 Å². The van der Waals surface area contributed by atoms with Crippen LogP contribution in [0.5, 0.6) is 0 Å². The van der Waals surface area contributed by atoms with Crippen molar-refractivity contribution in [1.82, 2.24) is 19.5 Å². The summed E-state index contributed by atoms with van der Waals surface area (Å²) in [7, 11) is -3.85. The molecule has 168 valence electrons. The molecule has 0 fully saturated rings. The Morgan fingerprint density at radius 1 is 1.16 bits per heavy atom. The van der Waals surface area contributed by atoms with Crippen molar-refractivity contribution in [3.8, 4) is 0 Å². The zero-order chi connectivity index (χ0) is 22.3. The van der Waals surface area contributed by atoms with Crippen LogP contribution in [0.25, 0.3) is 17.1 Å². The minimum atomic E-state index is -3.85. The number of aryl methyl sites for hydroxylation is 3. The molecule has 2 aliphatic carbocycles. The highest BCUT2D eigenvalue weighted by Gasteiger charge is 2.45. The lowest BCUT2D eigenvalue weighted by molar-refractivity contribution is 0.453. The third-order valence-corrected chi connectivity index (χ3v) is 8.50. The van der Waals surface area contributed by atoms with Gasteiger partial charge in [0.05, 0.1) is 17.5 Å². The van der Waals surface area contributed by atoms with Crippen molar-refractivity contribution in [2.45, 2.75) is 62.7 Å². The number of anilines is 1. The molecular weight excluding hydrogens is 424 g/mol. The molecular formula is C23H28N6O2S. The summed E-state index contributed by atoms with van der Waals surface area (Å²) in [4.78, 5) is 13.5. The third-order valence-electron chi connectivity index (χ3n) is 6.85. The summed E-state index contributed by atoms with van der Waals surface area (Å²) >= 11 is 0. The Labute approximate surface area is 187 Å². The number of nitrogen functional groups attached to an aromatic ring is 1. The number of imidazole rings is 1. The number of aromatic nitrogens is 4. The van der Waals surface area contributed by atoms with Crippen LogP contribution in [0.15, 0.2) is 30.7 Å². The smallest absolute Gasteiger partial charge is 0.220 e. The SMILES string of the molecule is Nc1nc2c(c3c1ncn3CCCCC1(S(N)(=O)=O)CC=Cc3cccnc31)CCCC2. The Balaban J connectivity index is 1.38. The van der Waals surface area contributed by atoms with Crippen molar-refractivity contribution in [2.75, 3.05) is 5.73 Å². The van der Waals surface area contributed by atoms with Crippen molar-refractivity contribution in [3.63, 3.8) is 0 Å². The highest BCUT2D eigenvalue weighted by atomic mass is 32.2. The quantitative estimate of drug-likeness (QED) is 0.553. The normalized spacial score (nSPS) is 20.3. The number of allylic oxidation sites excluding steroid dienone is 1. The number of hydrogen-bond donors (Lipinski definition) is 2.